The first-order valence-corrected chi connectivity index (χ1v) is 9.47. The van der Waals surface area contributed by atoms with Crippen LogP contribution in [0.15, 0.2) is 42.5 Å². The summed E-state index contributed by atoms with van der Waals surface area (Å²) in [6.07, 6.45) is -0.613. The van der Waals surface area contributed by atoms with Crippen LogP contribution in [0, 0.1) is 0 Å². The molecule has 1 N–H and O–H groups in total. The fourth-order valence-electron chi connectivity index (χ4n) is 2.82. The average molecular weight is 405 g/mol. The molecule has 0 spiro atoms. The van der Waals surface area contributed by atoms with Crippen LogP contribution in [0.5, 0.6) is 23.0 Å². The largest absolute Gasteiger partial charge is 0.497 e. The minimum Gasteiger partial charge on any atom is -0.497 e. The highest BCUT2D eigenvalue weighted by Crippen LogP contribution is 2.28. The number of methoxy groups -OCH3 is 3. The molecule has 0 aliphatic rings. The van der Waals surface area contributed by atoms with E-state index in [1.165, 1.54) is 0 Å². The van der Waals surface area contributed by atoms with Gasteiger partial charge in [0.2, 0.25) is 0 Å². The molecule has 1 atom stereocenters. The van der Waals surface area contributed by atoms with E-state index in [0.29, 0.717) is 43.6 Å². The van der Waals surface area contributed by atoms with Crippen LogP contribution >= 0.6 is 0 Å². The van der Waals surface area contributed by atoms with E-state index in [1.807, 2.05) is 54.4 Å². The van der Waals surface area contributed by atoms with Gasteiger partial charge >= 0.3 is 0 Å². The van der Waals surface area contributed by atoms with Crippen molar-refractivity contribution in [2.75, 3.05) is 54.7 Å². The molecular weight excluding hydrogens is 374 g/mol. The highest BCUT2D eigenvalue weighted by atomic mass is 16.5. The van der Waals surface area contributed by atoms with Crippen molar-refractivity contribution in [1.82, 2.24) is 4.90 Å². The van der Waals surface area contributed by atoms with Gasteiger partial charge < -0.3 is 28.8 Å². The smallest absolute Gasteiger partial charge is 0.161 e. The van der Waals surface area contributed by atoms with Gasteiger partial charge in [0.05, 0.1) is 20.8 Å². The molecule has 2 rings (SSSR count). The van der Waals surface area contributed by atoms with E-state index in [-0.39, 0.29) is 6.61 Å². The summed E-state index contributed by atoms with van der Waals surface area (Å²) in [6, 6.07) is 13.1. The van der Waals surface area contributed by atoms with E-state index in [0.717, 1.165) is 11.3 Å². The van der Waals surface area contributed by atoms with E-state index >= 15 is 0 Å². The van der Waals surface area contributed by atoms with Gasteiger partial charge in [-0.25, -0.2) is 0 Å². The lowest BCUT2D eigenvalue weighted by Gasteiger charge is -2.21. The zero-order valence-electron chi connectivity index (χ0n) is 17.6. The Morgan fingerprint density at radius 3 is 2.24 bits per heavy atom. The summed E-state index contributed by atoms with van der Waals surface area (Å²) in [5.41, 5.74) is 1.06. The Labute approximate surface area is 172 Å². The summed E-state index contributed by atoms with van der Waals surface area (Å²) in [5.74, 6) is 2.82. The van der Waals surface area contributed by atoms with Crippen molar-refractivity contribution in [2.45, 2.75) is 12.6 Å². The topological polar surface area (TPSA) is 69.6 Å². The van der Waals surface area contributed by atoms with Gasteiger partial charge in [0, 0.05) is 20.2 Å². The Morgan fingerprint density at radius 2 is 1.59 bits per heavy atom. The predicted octanol–water partition coefficient (Wildman–Crippen LogP) is 2.60. The molecule has 0 aromatic heterocycles. The van der Waals surface area contributed by atoms with Crippen molar-refractivity contribution in [2.24, 2.45) is 0 Å². The van der Waals surface area contributed by atoms with Gasteiger partial charge in [-0.05, 0) is 49.0 Å². The summed E-state index contributed by atoms with van der Waals surface area (Å²) in [5, 5.41) is 10.3. The van der Waals surface area contributed by atoms with Gasteiger partial charge in [0.1, 0.15) is 30.8 Å². The predicted molar refractivity (Wildman–Crippen MR) is 111 cm³/mol. The van der Waals surface area contributed by atoms with Crippen LogP contribution in [0.25, 0.3) is 0 Å². The van der Waals surface area contributed by atoms with E-state index in [4.69, 9.17) is 23.7 Å². The van der Waals surface area contributed by atoms with Crippen molar-refractivity contribution in [1.29, 1.82) is 0 Å². The van der Waals surface area contributed by atoms with E-state index in [2.05, 4.69) is 0 Å². The first kappa shape index (κ1) is 22.8. The summed E-state index contributed by atoms with van der Waals surface area (Å²) in [7, 11) is 6.82. The van der Waals surface area contributed by atoms with Gasteiger partial charge in [-0.15, -0.1) is 0 Å². The first-order chi connectivity index (χ1) is 14.0. The number of ether oxygens (including phenoxy) is 5. The maximum atomic E-state index is 10.3. The molecule has 2 aromatic carbocycles. The fraction of sp³-hybridized carbons (Fsp3) is 0.455. The molecule has 160 valence electrons. The molecule has 0 amide bonds. The molecule has 0 radical (unpaired) electrons. The summed E-state index contributed by atoms with van der Waals surface area (Å²) in [4.78, 5) is 2.03. The fourth-order valence-corrected chi connectivity index (χ4v) is 2.82. The van der Waals surface area contributed by atoms with Gasteiger partial charge in [-0.3, -0.25) is 4.90 Å². The number of hydrogen-bond donors (Lipinski definition) is 1. The highest BCUT2D eigenvalue weighted by molar-refractivity contribution is 5.43. The molecule has 0 bridgehead atoms. The molecular formula is C22H31NO6. The molecule has 0 aliphatic heterocycles. The number of benzene rings is 2. The SMILES string of the molecule is COCCOc1cc(CN(C)C[C@@H](O)COc2ccc(OC)cc2)ccc1OC. The molecule has 2 aromatic rings. The minimum atomic E-state index is -0.613. The Balaban J connectivity index is 1.83. The lowest BCUT2D eigenvalue weighted by Crippen LogP contribution is -2.32. The van der Waals surface area contributed by atoms with Gasteiger partial charge in [0.15, 0.2) is 11.5 Å². The van der Waals surface area contributed by atoms with E-state index in [9.17, 15) is 5.11 Å². The maximum Gasteiger partial charge on any atom is 0.161 e. The van der Waals surface area contributed by atoms with Crippen LogP contribution in [0.2, 0.25) is 0 Å². The number of aliphatic hydroxyl groups is 1. The number of nitrogens with zero attached hydrogens (tertiary/aromatic N) is 1. The van der Waals surface area contributed by atoms with Gasteiger partial charge in [-0.1, -0.05) is 6.07 Å². The minimum absolute atomic E-state index is 0.213. The molecule has 0 saturated carbocycles. The third-order valence-electron chi connectivity index (χ3n) is 4.25. The summed E-state index contributed by atoms with van der Waals surface area (Å²) >= 11 is 0. The third kappa shape index (κ3) is 7.81. The second-order valence-corrected chi connectivity index (χ2v) is 6.66. The molecule has 0 fully saturated rings. The van der Waals surface area contributed by atoms with Crippen LogP contribution in [-0.4, -0.2) is 70.9 Å². The lowest BCUT2D eigenvalue weighted by atomic mass is 10.2. The number of likely N-dealkylation sites (N-methyl/N-ethyl adjacent to an activating group) is 1. The zero-order valence-corrected chi connectivity index (χ0v) is 17.6. The Bertz CT molecular complexity index is 722. The molecule has 7 heteroatoms. The summed E-state index contributed by atoms with van der Waals surface area (Å²) < 4.78 is 26.9. The van der Waals surface area contributed by atoms with Crippen molar-refractivity contribution in [3.8, 4) is 23.0 Å². The third-order valence-corrected chi connectivity index (χ3v) is 4.25. The van der Waals surface area contributed by atoms with Crippen LogP contribution in [0.4, 0.5) is 0 Å². The Morgan fingerprint density at radius 1 is 0.862 bits per heavy atom. The van der Waals surface area contributed by atoms with E-state index < -0.39 is 6.10 Å². The standard InChI is InChI=1S/C22H31NO6/c1-23(15-18(24)16-29-20-8-6-19(26-3)7-9-20)14-17-5-10-21(27-4)22(13-17)28-12-11-25-2/h5-10,13,18,24H,11-12,14-16H2,1-4H3/t18-/m1/s1. The van der Waals surface area contributed by atoms with Crippen LogP contribution < -0.4 is 18.9 Å². The number of hydrogen-bond acceptors (Lipinski definition) is 7. The average Bonchev–Trinajstić information content (AvgIpc) is 2.73. The Kier molecular flexibility index (Phi) is 9.56. The monoisotopic (exact) mass is 405 g/mol. The quantitative estimate of drug-likeness (QED) is 0.514. The van der Waals surface area contributed by atoms with Crippen LogP contribution in [-0.2, 0) is 11.3 Å². The van der Waals surface area contributed by atoms with Gasteiger partial charge in [0.25, 0.3) is 0 Å². The van der Waals surface area contributed by atoms with Crippen LogP contribution in [0.1, 0.15) is 5.56 Å². The summed E-state index contributed by atoms with van der Waals surface area (Å²) in [6.45, 7) is 2.30. The second-order valence-electron chi connectivity index (χ2n) is 6.66. The second kappa shape index (κ2) is 12.2. The zero-order chi connectivity index (χ0) is 21.1. The molecule has 0 heterocycles. The molecule has 0 saturated heterocycles. The Hall–Kier alpha value is -2.48. The van der Waals surface area contributed by atoms with Gasteiger partial charge in [-0.2, -0.15) is 0 Å². The molecule has 7 nitrogen and oxygen atoms in total. The molecule has 29 heavy (non-hydrogen) atoms. The highest BCUT2D eigenvalue weighted by Gasteiger charge is 2.12. The van der Waals surface area contributed by atoms with Crippen molar-refractivity contribution in [3.63, 3.8) is 0 Å². The molecule has 0 aliphatic carbocycles. The number of aliphatic hydroxyl groups excluding tert-OH is 1. The maximum absolute atomic E-state index is 10.3. The lowest BCUT2D eigenvalue weighted by molar-refractivity contribution is 0.0743. The normalized spacial score (nSPS) is 11.9. The van der Waals surface area contributed by atoms with Crippen molar-refractivity contribution < 1.29 is 28.8 Å². The van der Waals surface area contributed by atoms with E-state index in [1.54, 1.807) is 21.3 Å². The van der Waals surface area contributed by atoms with Crippen LogP contribution in [0.3, 0.4) is 0 Å². The number of rotatable bonds is 13. The van der Waals surface area contributed by atoms with Crippen molar-refractivity contribution in [3.05, 3.63) is 48.0 Å². The van der Waals surface area contributed by atoms with Crippen molar-refractivity contribution >= 4 is 0 Å². The first-order valence-electron chi connectivity index (χ1n) is 9.47. The molecule has 0 unspecified atom stereocenters.